The normalized spacial score (nSPS) is 9.75. The Morgan fingerprint density at radius 1 is 1.30 bits per heavy atom. The number of thiazole rings is 1. The predicted octanol–water partition coefficient (Wildman–Crippen LogP) is 2.07. The summed E-state index contributed by atoms with van der Waals surface area (Å²) in [6, 6.07) is 0. The maximum atomic E-state index is 11.6. The van der Waals surface area contributed by atoms with Gasteiger partial charge in [0.15, 0.2) is 10.2 Å². The second-order valence-electron chi connectivity index (χ2n) is 3.45. The molecule has 7 nitrogen and oxygen atoms in total. The largest absolute Gasteiger partial charge is 0.462 e. The lowest BCUT2D eigenvalue weighted by atomic mass is 10.4. The highest BCUT2D eigenvalue weighted by Crippen LogP contribution is 2.23. The smallest absolute Gasteiger partial charge is 0.413 e. The lowest BCUT2D eigenvalue weighted by Crippen LogP contribution is -2.34. The van der Waals surface area contributed by atoms with Crippen molar-refractivity contribution in [2.24, 2.45) is 0 Å². The Balaban J connectivity index is 2.65. The van der Waals surface area contributed by atoms with Crippen LogP contribution in [0.5, 0.6) is 0 Å². The fourth-order valence-electron chi connectivity index (χ4n) is 1.22. The van der Waals surface area contributed by atoms with Gasteiger partial charge in [-0.05, 0) is 33.0 Å². The molecule has 9 heteroatoms. The maximum Gasteiger partial charge on any atom is 0.413 e. The molecule has 0 saturated heterocycles. The number of carbonyl (C=O) groups is 2. The Morgan fingerprint density at radius 3 is 2.55 bits per heavy atom. The molecule has 20 heavy (non-hydrogen) atoms. The molecule has 0 aliphatic carbocycles. The molecule has 0 saturated carbocycles. The number of carbonyl (C=O) groups excluding carboxylic acids is 2. The van der Waals surface area contributed by atoms with Crippen molar-refractivity contribution in [3.8, 4) is 0 Å². The van der Waals surface area contributed by atoms with E-state index in [0.29, 0.717) is 22.3 Å². The van der Waals surface area contributed by atoms with Gasteiger partial charge in [0.25, 0.3) is 0 Å². The number of hydrogen-bond acceptors (Lipinski definition) is 7. The molecule has 0 atom stereocenters. The van der Waals surface area contributed by atoms with Gasteiger partial charge in [-0.3, -0.25) is 5.32 Å². The number of amides is 1. The summed E-state index contributed by atoms with van der Waals surface area (Å²) in [5.74, 6) is -0.431. The molecule has 0 fully saturated rings. The summed E-state index contributed by atoms with van der Waals surface area (Å²) < 4.78 is 9.59. The van der Waals surface area contributed by atoms with Crippen LogP contribution in [0.3, 0.4) is 0 Å². The summed E-state index contributed by atoms with van der Waals surface area (Å²) >= 11 is 6.02. The SMILES string of the molecule is CCOC(=O)NC(=S)Nc1nc(C)c(C(=O)OCC)s1. The van der Waals surface area contributed by atoms with Crippen molar-refractivity contribution in [1.82, 2.24) is 10.3 Å². The second kappa shape index (κ2) is 7.75. The predicted molar refractivity (Wildman–Crippen MR) is 79.2 cm³/mol. The van der Waals surface area contributed by atoms with Gasteiger partial charge in [-0.15, -0.1) is 0 Å². The summed E-state index contributed by atoms with van der Waals surface area (Å²) in [4.78, 5) is 27.3. The van der Waals surface area contributed by atoms with Crippen LogP contribution in [-0.4, -0.2) is 35.4 Å². The highest BCUT2D eigenvalue weighted by molar-refractivity contribution is 7.80. The Labute approximate surface area is 125 Å². The molecule has 1 heterocycles. The van der Waals surface area contributed by atoms with Gasteiger partial charge >= 0.3 is 12.1 Å². The molecule has 1 amide bonds. The number of rotatable bonds is 4. The van der Waals surface area contributed by atoms with Gasteiger partial charge < -0.3 is 14.8 Å². The molecule has 0 radical (unpaired) electrons. The number of alkyl carbamates (subject to hydrolysis) is 1. The van der Waals surface area contributed by atoms with E-state index < -0.39 is 12.1 Å². The fourth-order valence-corrected chi connectivity index (χ4v) is 2.33. The number of thiocarbonyl (C=S) groups is 1. The minimum atomic E-state index is -0.649. The van der Waals surface area contributed by atoms with Gasteiger partial charge in [-0.2, -0.15) is 0 Å². The van der Waals surface area contributed by atoms with Crippen LogP contribution < -0.4 is 10.6 Å². The van der Waals surface area contributed by atoms with E-state index in [-0.39, 0.29) is 11.7 Å². The van der Waals surface area contributed by atoms with Crippen molar-refractivity contribution in [1.29, 1.82) is 0 Å². The van der Waals surface area contributed by atoms with Crippen molar-refractivity contribution in [2.45, 2.75) is 20.8 Å². The Morgan fingerprint density at radius 2 is 1.95 bits per heavy atom. The number of esters is 1. The van der Waals surface area contributed by atoms with E-state index in [2.05, 4.69) is 20.4 Å². The van der Waals surface area contributed by atoms with E-state index in [0.717, 1.165) is 11.3 Å². The van der Waals surface area contributed by atoms with Gasteiger partial charge in [0.1, 0.15) is 4.88 Å². The van der Waals surface area contributed by atoms with Gasteiger partial charge in [0, 0.05) is 0 Å². The van der Waals surface area contributed by atoms with E-state index in [9.17, 15) is 9.59 Å². The third-order valence-electron chi connectivity index (χ3n) is 1.97. The number of nitrogens with zero attached hydrogens (tertiary/aromatic N) is 1. The number of aromatic nitrogens is 1. The number of anilines is 1. The zero-order valence-electron chi connectivity index (χ0n) is 11.3. The summed E-state index contributed by atoms with van der Waals surface area (Å²) in [5, 5.41) is 5.48. The lowest BCUT2D eigenvalue weighted by molar-refractivity contribution is 0.0531. The van der Waals surface area contributed by atoms with Gasteiger partial charge in [-0.25, -0.2) is 14.6 Å². The highest BCUT2D eigenvalue weighted by atomic mass is 32.1. The minimum Gasteiger partial charge on any atom is -0.462 e. The molecular weight excluding hydrogens is 302 g/mol. The second-order valence-corrected chi connectivity index (χ2v) is 4.86. The topological polar surface area (TPSA) is 89.5 Å². The number of aryl methyl sites for hydroxylation is 1. The molecule has 0 bridgehead atoms. The van der Waals surface area contributed by atoms with E-state index >= 15 is 0 Å². The first-order chi connectivity index (χ1) is 9.47. The summed E-state index contributed by atoms with van der Waals surface area (Å²) in [6.07, 6.45) is -0.649. The quantitative estimate of drug-likeness (QED) is 0.649. The highest BCUT2D eigenvalue weighted by Gasteiger charge is 2.17. The van der Waals surface area contributed by atoms with Gasteiger partial charge in [0.05, 0.1) is 18.9 Å². The molecule has 110 valence electrons. The molecule has 0 spiro atoms. The third kappa shape index (κ3) is 4.74. The standard InChI is InChI=1S/C11H15N3O4S2/c1-4-17-8(15)7-6(3)12-10(20-7)13-9(19)14-11(16)18-5-2/h4-5H2,1-3H3,(H2,12,13,14,16,19). The summed E-state index contributed by atoms with van der Waals surface area (Å²) in [6.45, 7) is 5.65. The first kappa shape index (κ1) is 16.3. The average Bonchev–Trinajstić information content (AvgIpc) is 2.70. The molecule has 1 rings (SSSR count). The van der Waals surface area contributed by atoms with E-state index in [4.69, 9.17) is 17.0 Å². The van der Waals surface area contributed by atoms with E-state index in [1.807, 2.05) is 0 Å². The summed E-state index contributed by atoms with van der Waals surface area (Å²) in [7, 11) is 0. The minimum absolute atomic E-state index is 0.0487. The first-order valence-corrected chi connectivity index (χ1v) is 7.09. The summed E-state index contributed by atoms with van der Waals surface area (Å²) in [5.41, 5.74) is 0.537. The van der Waals surface area contributed by atoms with Crippen LogP contribution >= 0.6 is 23.6 Å². The van der Waals surface area contributed by atoms with Gasteiger partial charge in [-0.1, -0.05) is 11.3 Å². The molecule has 0 aromatic carbocycles. The molecule has 1 aromatic heterocycles. The molecule has 0 unspecified atom stereocenters. The molecule has 2 N–H and O–H groups in total. The number of ether oxygens (including phenoxy) is 2. The van der Waals surface area contributed by atoms with Crippen LogP contribution in [0.4, 0.5) is 9.93 Å². The first-order valence-electron chi connectivity index (χ1n) is 5.87. The van der Waals surface area contributed by atoms with Crippen LogP contribution in [0.1, 0.15) is 29.2 Å². The Hall–Kier alpha value is -1.74. The van der Waals surface area contributed by atoms with Crippen LogP contribution in [0, 0.1) is 6.92 Å². The van der Waals surface area contributed by atoms with Crippen LogP contribution in [0.25, 0.3) is 0 Å². The van der Waals surface area contributed by atoms with Crippen LogP contribution in [0.15, 0.2) is 0 Å². The van der Waals surface area contributed by atoms with Crippen molar-refractivity contribution < 1.29 is 19.1 Å². The van der Waals surface area contributed by atoms with E-state index in [1.165, 1.54) is 0 Å². The van der Waals surface area contributed by atoms with Crippen LogP contribution in [-0.2, 0) is 9.47 Å². The number of hydrogen-bond donors (Lipinski definition) is 2. The zero-order valence-corrected chi connectivity index (χ0v) is 12.9. The number of nitrogens with one attached hydrogen (secondary N) is 2. The van der Waals surface area contributed by atoms with Crippen molar-refractivity contribution >= 4 is 45.9 Å². The molecule has 1 aromatic rings. The third-order valence-corrected chi connectivity index (χ3v) is 3.23. The molecule has 0 aliphatic heterocycles. The van der Waals surface area contributed by atoms with Crippen molar-refractivity contribution in [3.05, 3.63) is 10.6 Å². The Bertz CT molecular complexity index is 516. The van der Waals surface area contributed by atoms with Crippen molar-refractivity contribution in [3.63, 3.8) is 0 Å². The van der Waals surface area contributed by atoms with E-state index in [1.54, 1.807) is 20.8 Å². The zero-order chi connectivity index (χ0) is 15.1. The average molecular weight is 317 g/mol. The monoisotopic (exact) mass is 317 g/mol. The van der Waals surface area contributed by atoms with Crippen LogP contribution in [0.2, 0.25) is 0 Å². The fraction of sp³-hybridized carbons (Fsp3) is 0.455. The van der Waals surface area contributed by atoms with Crippen molar-refractivity contribution in [2.75, 3.05) is 18.5 Å². The Kier molecular flexibility index (Phi) is 6.32. The maximum absolute atomic E-state index is 11.6. The van der Waals surface area contributed by atoms with Gasteiger partial charge in [0.2, 0.25) is 0 Å². The molecular formula is C11H15N3O4S2. The lowest BCUT2D eigenvalue weighted by Gasteiger charge is -2.06. The molecule has 0 aliphatic rings.